The molecule has 0 unspecified atom stereocenters. The van der Waals surface area contributed by atoms with E-state index in [-0.39, 0.29) is 22.9 Å². The number of nitriles is 2. The quantitative estimate of drug-likeness (QED) is 0.557. The summed E-state index contributed by atoms with van der Waals surface area (Å²) in [7, 11) is 1.53. The molecule has 0 aromatic carbocycles. The summed E-state index contributed by atoms with van der Waals surface area (Å²) in [6.07, 6.45) is 3.07. The van der Waals surface area contributed by atoms with Gasteiger partial charge in [-0.2, -0.15) is 15.6 Å². The van der Waals surface area contributed by atoms with Crippen LogP contribution in [0, 0.1) is 22.7 Å². The smallest absolute Gasteiger partial charge is 0.269 e. The minimum Gasteiger partial charge on any atom is -0.383 e. The fourth-order valence-corrected chi connectivity index (χ4v) is 3.47. The fourth-order valence-electron chi connectivity index (χ4n) is 2.54. The zero-order valence-electron chi connectivity index (χ0n) is 14.7. The topological polar surface area (TPSA) is 157 Å². The zero-order valence-corrected chi connectivity index (χ0v) is 15.5. The Balaban J connectivity index is 1.99. The van der Waals surface area contributed by atoms with Crippen molar-refractivity contribution in [2.45, 2.75) is 10.8 Å². The second-order valence-electron chi connectivity index (χ2n) is 5.54. The molecular weight excluding hydrogens is 376 g/mol. The van der Waals surface area contributed by atoms with Crippen molar-refractivity contribution in [3.05, 3.63) is 53.0 Å². The average molecular weight is 390 g/mol. The SMILES string of the molecule is CNC(=O)c1cc(CSc2nc(N)c(C#N)c(-c3ccn[nH]3)c2C#N)ccn1. The number of nitrogens with two attached hydrogens (primary N) is 1. The summed E-state index contributed by atoms with van der Waals surface area (Å²) in [5, 5.41) is 28.7. The Bertz CT molecular complexity index is 1110. The lowest BCUT2D eigenvalue weighted by molar-refractivity contribution is 0.0958. The third kappa shape index (κ3) is 3.63. The summed E-state index contributed by atoms with van der Waals surface area (Å²) in [6, 6.07) is 9.22. The van der Waals surface area contributed by atoms with E-state index in [2.05, 4.69) is 31.6 Å². The minimum atomic E-state index is -0.285. The minimum absolute atomic E-state index is 0.0365. The van der Waals surface area contributed by atoms with Gasteiger partial charge in [-0.3, -0.25) is 14.9 Å². The fraction of sp³-hybridized carbons (Fsp3) is 0.111. The Morgan fingerprint density at radius 3 is 2.71 bits per heavy atom. The third-order valence-corrected chi connectivity index (χ3v) is 4.89. The molecule has 3 heterocycles. The van der Waals surface area contributed by atoms with Gasteiger partial charge in [0.1, 0.15) is 34.2 Å². The van der Waals surface area contributed by atoms with Crippen molar-refractivity contribution in [1.82, 2.24) is 25.5 Å². The van der Waals surface area contributed by atoms with Crippen LogP contribution in [-0.4, -0.2) is 33.1 Å². The van der Waals surface area contributed by atoms with Crippen LogP contribution in [0.15, 0.2) is 35.6 Å². The summed E-state index contributed by atoms with van der Waals surface area (Å²) >= 11 is 1.28. The molecule has 0 saturated carbocycles. The van der Waals surface area contributed by atoms with Crippen LogP contribution < -0.4 is 11.1 Å². The van der Waals surface area contributed by atoms with Gasteiger partial charge < -0.3 is 11.1 Å². The van der Waals surface area contributed by atoms with Crippen molar-refractivity contribution < 1.29 is 4.79 Å². The van der Waals surface area contributed by atoms with Gasteiger partial charge in [0.15, 0.2) is 0 Å². The first-order valence-electron chi connectivity index (χ1n) is 8.02. The van der Waals surface area contributed by atoms with Crippen LogP contribution in [-0.2, 0) is 5.75 Å². The number of H-pyrrole nitrogens is 1. The van der Waals surface area contributed by atoms with Crippen LogP contribution >= 0.6 is 11.8 Å². The van der Waals surface area contributed by atoms with Gasteiger partial charge in [-0.05, 0) is 23.8 Å². The number of nitrogen functional groups attached to an aromatic ring is 1. The Hall–Kier alpha value is -3.89. The average Bonchev–Trinajstić information content (AvgIpc) is 3.25. The number of aromatic nitrogens is 4. The van der Waals surface area contributed by atoms with Crippen LogP contribution in [0.3, 0.4) is 0 Å². The number of hydrogen-bond donors (Lipinski definition) is 3. The number of hydrogen-bond acceptors (Lipinski definition) is 8. The molecule has 0 aliphatic rings. The van der Waals surface area contributed by atoms with E-state index in [1.165, 1.54) is 25.0 Å². The van der Waals surface area contributed by atoms with E-state index in [0.717, 1.165) is 5.56 Å². The highest BCUT2D eigenvalue weighted by molar-refractivity contribution is 7.98. The van der Waals surface area contributed by atoms with E-state index in [1.807, 2.05) is 6.07 Å². The summed E-state index contributed by atoms with van der Waals surface area (Å²) in [5.74, 6) is 0.184. The third-order valence-electron chi connectivity index (χ3n) is 3.85. The Morgan fingerprint density at radius 2 is 2.07 bits per heavy atom. The Labute approximate surface area is 164 Å². The largest absolute Gasteiger partial charge is 0.383 e. The molecular formula is C18H14N8OS. The lowest BCUT2D eigenvalue weighted by Gasteiger charge is -2.11. The van der Waals surface area contributed by atoms with Gasteiger partial charge >= 0.3 is 0 Å². The Morgan fingerprint density at radius 1 is 1.29 bits per heavy atom. The molecule has 0 saturated heterocycles. The maximum atomic E-state index is 11.7. The second kappa shape index (κ2) is 8.20. The van der Waals surface area contributed by atoms with Crippen LogP contribution in [0.4, 0.5) is 5.82 Å². The number of carbonyl (C=O) groups excluding carboxylic acids is 1. The maximum Gasteiger partial charge on any atom is 0.269 e. The van der Waals surface area contributed by atoms with Crippen LogP contribution in [0.2, 0.25) is 0 Å². The number of nitrogens with one attached hydrogen (secondary N) is 2. The first-order chi connectivity index (χ1) is 13.6. The first kappa shape index (κ1) is 18.9. The summed E-state index contributed by atoms with van der Waals surface area (Å²) in [6.45, 7) is 0. The highest BCUT2D eigenvalue weighted by Gasteiger charge is 2.21. The highest BCUT2D eigenvalue weighted by Crippen LogP contribution is 2.35. The van der Waals surface area contributed by atoms with E-state index >= 15 is 0 Å². The molecule has 0 bridgehead atoms. The molecule has 1 amide bonds. The van der Waals surface area contributed by atoms with E-state index < -0.39 is 0 Å². The molecule has 10 heteroatoms. The number of amides is 1. The standard InChI is InChI=1S/C18H14N8OS/c1-22-17(27)14-6-10(2-4-23-14)9-28-18-12(8-20)15(13-3-5-24-26-13)11(7-19)16(21)25-18/h2-6H,9H2,1H3,(H2,21,25)(H,22,27)(H,24,26). The summed E-state index contributed by atoms with van der Waals surface area (Å²) in [5.41, 5.74) is 8.33. The van der Waals surface area contributed by atoms with Gasteiger partial charge in [0.05, 0.1) is 11.3 Å². The molecule has 0 radical (unpaired) electrons. The van der Waals surface area contributed by atoms with Gasteiger partial charge in [-0.1, -0.05) is 0 Å². The predicted octanol–water partition coefficient (Wildman–Crippen LogP) is 1.84. The van der Waals surface area contributed by atoms with Gasteiger partial charge in [0.25, 0.3) is 5.91 Å². The van der Waals surface area contributed by atoms with E-state index in [9.17, 15) is 15.3 Å². The number of pyridine rings is 2. The predicted molar refractivity (Wildman–Crippen MR) is 103 cm³/mol. The molecule has 0 aliphatic carbocycles. The number of carbonyl (C=O) groups is 1. The lowest BCUT2D eigenvalue weighted by Crippen LogP contribution is -2.19. The van der Waals surface area contributed by atoms with Crippen LogP contribution in [0.25, 0.3) is 11.3 Å². The summed E-state index contributed by atoms with van der Waals surface area (Å²) in [4.78, 5) is 20.0. The molecule has 3 aromatic rings. The monoisotopic (exact) mass is 390 g/mol. The molecule has 9 nitrogen and oxygen atoms in total. The maximum absolute atomic E-state index is 11.7. The van der Waals surface area contributed by atoms with Gasteiger partial charge in [0.2, 0.25) is 0 Å². The first-order valence-corrected chi connectivity index (χ1v) is 9.00. The van der Waals surface area contributed by atoms with Crippen LogP contribution in [0.5, 0.6) is 0 Å². The zero-order chi connectivity index (χ0) is 20.1. The molecule has 0 aliphatic heterocycles. The molecule has 28 heavy (non-hydrogen) atoms. The van der Waals surface area contributed by atoms with Crippen molar-refractivity contribution >= 4 is 23.5 Å². The van der Waals surface area contributed by atoms with Crippen molar-refractivity contribution in [3.8, 4) is 23.4 Å². The van der Waals surface area contributed by atoms with Gasteiger partial charge in [-0.15, -0.1) is 11.8 Å². The summed E-state index contributed by atoms with van der Waals surface area (Å²) < 4.78 is 0. The van der Waals surface area contributed by atoms with Gasteiger partial charge in [0, 0.05) is 30.8 Å². The highest BCUT2D eigenvalue weighted by atomic mass is 32.2. The van der Waals surface area contributed by atoms with Crippen molar-refractivity contribution in [2.24, 2.45) is 0 Å². The number of aromatic amines is 1. The van der Waals surface area contributed by atoms with E-state index in [1.54, 1.807) is 24.4 Å². The van der Waals surface area contributed by atoms with Crippen molar-refractivity contribution in [1.29, 1.82) is 10.5 Å². The lowest BCUT2D eigenvalue weighted by atomic mass is 10.0. The molecule has 0 atom stereocenters. The molecule has 0 fully saturated rings. The van der Waals surface area contributed by atoms with Gasteiger partial charge in [-0.25, -0.2) is 4.98 Å². The van der Waals surface area contributed by atoms with E-state index in [4.69, 9.17) is 5.73 Å². The van der Waals surface area contributed by atoms with Crippen LogP contribution in [0.1, 0.15) is 27.2 Å². The van der Waals surface area contributed by atoms with Crippen molar-refractivity contribution in [3.63, 3.8) is 0 Å². The van der Waals surface area contributed by atoms with E-state index in [0.29, 0.717) is 27.7 Å². The Kier molecular flexibility index (Phi) is 5.53. The van der Waals surface area contributed by atoms with Crippen molar-refractivity contribution in [2.75, 3.05) is 12.8 Å². The normalized spacial score (nSPS) is 10.1. The number of anilines is 1. The number of thioether (sulfide) groups is 1. The molecule has 4 N–H and O–H groups in total. The molecule has 3 rings (SSSR count). The second-order valence-corrected chi connectivity index (χ2v) is 6.50. The molecule has 3 aromatic heterocycles. The number of nitrogens with zero attached hydrogens (tertiary/aromatic N) is 5. The molecule has 138 valence electrons. The number of rotatable bonds is 5. The molecule has 0 spiro atoms.